The van der Waals surface area contributed by atoms with E-state index in [9.17, 15) is 9.59 Å². The number of rotatable bonds is 8. The molecular weight excluding hydrogens is 330 g/mol. The molecule has 1 N–H and O–H groups in total. The molecule has 0 spiro atoms. The van der Waals surface area contributed by atoms with Crippen molar-refractivity contribution in [2.24, 2.45) is 0 Å². The van der Waals surface area contributed by atoms with Gasteiger partial charge in [-0.05, 0) is 23.1 Å². The minimum atomic E-state index is -0.817. The number of nitrogens with one attached hydrogen (secondary N) is 1. The van der Waals surface area contributed by atoms with Gasteiger partial charge in [-0.2, -0.15) is 0 Å². The zero-order valence-corrected chi connectivity index (χ0v) is 14.8. The second-order valence-electron chi connectivity index (χ2n) is 5.80. The predicted molar refractivity (Wildman–Crippen MR) is 99.6 cm³/mol. The van der Waals surface area contributed by atoms with E-state index in [2.05, 4.69) is 11.9 Å². The van der Waals surface area contributed by atoms with Crippen molar-refractivity contribution in [2.45, 2.75) is 25.5 Å². The summed E-state index contributed by atoms with van der Waals surface area (Å²) in [4.78, 5) is 24.1. The van der Waals surface area contributed by atoms with Crippen LogP contribution >= 0.6 is 0 Å². The number of amides is 1. The number of carbonyl (C=O) groups is 2. The molecule has 1 amide bonds. The molecule has 0 aromatic heterocycles. The molecule has 0 fully saturated rings. The third-order valence-corrected chi connectivity index (χ3v) is 3.80. The molecule has 1 atom stereocenters. The van der Waals surface area contributed by atoms with Gasteiger partial charge in [0.1, 0.15) is 12.6 Å². The minimum absolute atomic E-state index is 0.134. The summed E-state index contributed by atoms with van der Waals surface area (Å²) in [5.41, 5.74) is 2.88. The first kappa shape index (κ1) is 19.2. The van der Waals surface area contributed by atoms with Gasteiger partial charge >= 0.3 is 12.1 Å². The predicted octanol–water partition coefficient (Wildman–Crippen LogP) is 3.43. The molecule has 2 aromatic rings. The van der Waals surface area contributed by atoms with Crippen LogP contribution in [0.25, 0.3) is 0 Å². The lowest BCUT2D eigenvalue weighted by atomic mass is 10.0. The van der Waals surface area contributed by atoms with Gasteiger partial charge in [0.25, 0.3) is 0 Å². The Balaban J connectivity index is 1.98. The molecule has 0 aliphatic heterocycles. The normalized spacial score (nSPS) is 11.3. The van der Waals surface area contributed by atoms with Gasteiger partial charge in [0.2, 0.25) is 0 Å². The average Bonchev–Trinajstić information content (AvgIpc) is 2.66. The number of benzene rings is 2. The van der Waals surface area contributed by atoms with Crippen LogP contribution in [0.2, 0.25) is 0 Å². The largest absolute Gasteiger partial charge is 0.467 e. The lowest BCUT2D eigenvalue weighted by Crippen LogP contribution is -2.43. The first-order valence-electron chi connectivity index (χ1n) is 8.36. The standard InChI is InChI=1S/C21H23NO4/c1-3-8-16-11-7-12-18(13-16)14-19(20(23)25-2)22-21(24)26-15-17-9-5-4-6-10-17/h3-7,9-13,19H,1,8,14-15H2,2H3,(H,22,24)/t19-/m0/s1. The maximum absolute atomic E-state index is 12.1. The second-order valence-corrected chi connectivity index (χ2v) is 5.80. The summed E-state index contributed by atoms with van der Waals surface area (Å²) in [7, 11) is 1.29. The monoisotopic (exact) mass is 353 g/mol. The fourth-order valence-electron chi connectivity index (χ4n) is 2.53. The Bertz CT molecular complexity index is 743. The van der Waals surface area contributed by atoms with Gasteiger partial charge < -0.3 is 14.8 Å². The van der Waals surface area contributed by atoms with E-state index in [4.69, 9.17) is 9.47 Å². The van der Waals surface area contributed by atoms with E-state index in [1.165, 1.54) is 7.11 Å². The van der Waals surface area contributed by atoms with E-state index >= 15 is 0 Å². The molecule has 0 saturated carbocycles. The van der Waals surface area contributed by atoms with Crippen LogP contribution in [0.4, 0.5) is 4.79 Å². The van der Waals surface area contributed by atoms with Crippen LogP contribution in [0.1, 0.15) is 16.7 Å². The summed E-state index contributed by atoms with van der Waals surface area (Å²) < 4.78 is 9.98. The van der Waals surface area contributed by atoms with Crippen LogP contribution in [-0.2, 0) is 33.7 Å². The van der Waals surface area contributed by atoms with E-state index in [1.54, 1.807) is 0 Å². The van der Waals surface area contributed by atoms with Crippen LogP contribution in [0.15, 0.2) is 67.3 Å². The van der Waals surface area contributed by atoms with Crippen molar-refractivity contribution in [1.29, 1.82) is 0 Å². The van der Waals surface area contributed by atoms with Crippen molar-refractivity contribution >= 4 is 12.1 Å². The summed E-state index contributed by atoms with van der Waals surface area (Å²) in [5.74, 6) is -0.518. The lowest BCUT2D eigenvalue weighted by molar-refractivity contribution is -0.143. The van der Waals surface area contributed by atoms with E-state index < -0.39 is 18.1 Å². The quantitative estimate of drug-likeness (QED) is 0.583. The zero-order chi connectivity index (χ0) is 18.8. The number of carbonyl (C=O) groups excluding carboxylic acids is 2. The number of alkyl carbamates (subject to hydrolysis) is 1. The number of hydrogen-bond donors (Lipinski definition) is 1. The van der Waals surface area contributed by atoms with E-state index in [-0.39, 0.29) is 6.61 Å². The van der Waals surface area contributed by atoms with E-state index in [0.717, 1.165) is 23.1 Å². The molecule has 5 nitrogen and oxygen atoms in total. The molecule has 0 heterocycles. The highest BCUT2D eigenvalue weighted by atomic mass is 16.6. The number of ether oxygens (including phenoxy) is 2. The Morgan fingerprint density at radius 3 is 2.46 bits per heavy atom. The van der Waals surface area contributed by atoms with Crippen molar-refractivity contribution in [3.8, 4) is 0 Å². The van der Waals surface area contributed by atoms with Gasteiger partial charge in [0, 0.05) is 6.42 Å². The van der Waals surface area contributed by atoms with Crippen LogP contribution in [0, 0.1) is 0 Å². The number of methoxy groups -OCH3 is 1. The van der Waals surface area contributed by atoms with E-state index in [1.807, 2.05) is 60.7 Å². The molecule has 2 rings (SSSR count). The number of allylic oxidation sites excluding steroid dienone is 1. The topological polar surface area (TPSA) is 64.6 Å². The Kier molecular flexibility index (Phi) is 7.43. The Labute approximate surface area is 153 Å². The first-order valence-corrected chi connectivity index (χ1v) is 8.36. The fraction of sp³-hybridized carbons (Fsp3) is 0.238. The molecule has 136 valence electrons. The molecule has 0 unspecified atom stereocenters. The average molecular weight is 353 g/mol. The highest BCUT2D eigenvalue weighted by Gasteiger charge is 2.22. The summed E-state index contributed by atoms with van der Waals surface area (Å²) in [5, 5.41) is 2.58. The van der Waals surface area contributed by atoms with Gasteiger partial charge in [-0.15, -0.1) is 6.58 Å². The SMILES string of the molecule is C=CCc1cccc(C[C@H](NC(=O)OCc2ccccc2)C(=O)OC)c1. The zero-order valence-electron chi connectivity index (χ0n) is 14.8. The fourth-order valence-corrected chi connectivity index (χ4v) is 2.53. The van der Waals surface area contributed by atoms with Crippen LogP contribution in [0.5, 0.6) is 0 Å². The smallest absolute Gasteiger partial charge is 0.408 e. The maximum atomic E-state index is 12.1. The molecule has 0 saturated heterocycles. The van der Waals surface area contributed by atoms with Gasteiger partial charge in [0.05, 0.1) is 7.11 Å². The molecule has 0 aliphatic carbocycles. The van der Waals surface area contributed by atoms with Crippen LogP contribution in [0.3, 0.4) is 0 Å². The number of hydrogen-bond acceptors (Lipinski definition) is 4. The molecule has 0 aliphatic rings. The molecular formula is C21H23NO4. The van der Waals surface area contributed by atoms with Gasteiger partial charge in [-0.25, -0.2) is 9.59 Å². The summed E-state index contributed by atoms with van der Waals surface area (Å²) in [6, 6.07) is 16.3. The molecule has 0 bridgehead atoms. The van der Waals surface area contributed by atoms with Crippen molar-refractivity contribution in [3.63, 3.8) is 0 Å². The van der Waals surface area contributed by atoms with Crippen LogP contribution in [-0.4, -0.2) is 25.2 Å². The second kappa shape index (κ2) is 10.0. The van der Waals surface area contributed by atoms with Gasteiger partial charge in [0.15, 0.2) is 0 Å². The van der Waals surface area contributed by atoms with Gasteiger partial charge in [-0.3, -0.25) is 0 Å². The Hall–Kier alpha value is -3.08. The first-order chi connectivity index (χ1) is 12.6. The molecule has 2 aromatic carbocycles. The highest BCUT2D eigenvalue weighted by molar-refractivity contribution is 5.81. The van der Waals surface area contributed by atoms with Crippen molar-refractivity contribution in [1.82, 2.24) is 5.32 Å². The molecule has 5 heteroatoms. The minimum Gasteiger partial charge on any atom is -0.467 e. The Morgan fingerprint density at radius 2 is 1.77 bits per heavy atom. The Morgan fingerprint density at radius 1 is 1.08 bits per heavy atom. The third-order valence-electron chi connectivity index (χ3n) is 3.80. The van der Waals surface area contributed by atoms with Crippen molar-refractivity contribution < 1.29 is 19.1 Å². The summed E-state index contributed by atoms with van der Waals surface area (Å²) >= 11 is 0. The maximum Gasteiger partial charge on any atom is 0.408 e. The summed E-state index contributed by atoms with van der Waals surface area (Å²) in [6.07, 6.45) is 2.21. The highest BCUT2D eigenvalue weighted by Crippen LogP contribution is 2.10. The molecule has 0 radical (unpaired) electrons. The summed E-state index contributed by atoms with van der Waals surface area (Å²) in [6.45, 7) is 3.86. The van der Waals surface area contributed by atoms with Crippen LogP contribution < -0.4 is 5.32 Å². The van der Waals surface area contributed by atoms with Crippen molar-refractivity contribution in [3.05, 3.63) is 83.9 Å². The van der Waals surface area contributed by atoms with Gasteiger partial charge in [-0.1, -0.05) is 60.7 Å². The number of esters is 1. The molecule has 26 heavy (non-hydrogen) atoms. The lowest BCUT2D eigenvalue weighted by Gasteiger charge is -2.17. The third kappa shape index (κ3) is 6.09. The van der Waals surface area contributed by atoms with E-state index in [0.29, 0.717) is 6.42 Å². The van der Waals surface area contributed by atoms with Crippen molar-refractivity contribution in [2.75, 3.05) is 7.11 Å².